The molecule has 0 spiro atoms. The van der Waals surface area contributed by atoms with E-state index in [9.17, 15) is 40.0 Å². The van der Waals surface area contributed by atoms with E-state index in [1.54, 1.807) is 0 Å². The Balaban J connectivity index is 2.14. The number of rotatable bonds is 7. The van der Waals surface area contributed by atoms with E-state index in [0.29, 0.717) is 39.0 Å². The summed E-state index contributed by atoms with van der Waals surface area (Å²) in [7, 11) is -5.07. The molecule has 6 unspecified atom stereocenters. The highest BCUT2D eigenvalue weighted by Crippen LogP contribution is 2.48. The molecule has 0 amide bonds. The van der Waals surface area contributed by atoms with Crippen LogP contribution in [-0.4, -0.2) is 55.0 Å². The number of fused-ring (bicyclic) bond motifs is 1. The Hall–Kier alpha value is -1.50. The molecule has 0 bridgehead atoms. The molecular formula is C19H27F5O7S. The first kappa shape index (κ1) is 26.7. The normalized spacial score (nSPS) is 28.9. The molecule has 0 heterocycles. The van der Waals surface area contributed by atoms with Gasteiger partial charge in [-0.2, -0.15) is 21.6 Å². The zero-order valence-corrected chi connectivity index (χ0v) is 18.4. The van der Waals surface area contributed by atoms with Gasteiger partial charge in [-0.1, -0.05) is 12.8 Å². The molecule has 6 atom stereocenters. The van der Waals surface area contributed by atoms with E-state index in [4.69, 9.17) is 9.29 Å². The van der Waals surface area contributed by atoms with E-state index in [1.165, 1.54) is 0 Å². The second-order valence-corrected chi connectivity index (χ2v) is 10.2. The minimum Gasteiger partial charge on any atom is -0.456 e. The van der Waals surface area contributed by atoms with Gasteiger partial charge in [-0.25, -0.2) is 8.78 Å². The molecule has 2 rings (SSSR count). The maximum Gasteiger partial charge on any atom is 0.426 e. The molecule has 0 aromatic carbocycles. The molecule has 32 heavy (non-hydrogen) atoms. The molecular weight excluding hydrogens is 467 g/mol. The monoisotopic (exact) mass is 494 g/mol. The van der Waals surface area contributed by atoms with Crippen molar-refractivity contribution in [3.05, 3.63) is 0 Å². The van der Waals surface area contributed by atoms with Gasteiger partial charge in [0.15, 0.2) is 6.10 Å². The van der Waals surface area contributed by atoms with Crippen molar-refractivity contribution in [2.45, 2.75) is 76.7 Å². The average molecular weight is 494 g/mol. The third kappa shape index (κ3) is 7.00. The number of carbonyl (C=O) groups is 2. The molecule has 0 aromatic heterocycles. The second kappa shape index (κ2) is 9.78. The summed E-state index contributed by atoms with van der Waals surface area (Å²) in [5, 5.41) is 0. The molecule has 186 valence electrons. The van der Waals surface area contributed by atoms with Gasteiger partial charge in [0.1, 0.15) is 5.75 Å². The molecule has 0 radical (unpaired) electrons. The van der Waals surface area contributed by atoms with Gasteiger partial charge in [-0.3, -0.25) is 14.1 Å². The number of carbonyl (C=O) groups excluding carboxylic acids is 2. The molecule has 0 saturated heterocycles. The van der Waals surface area contributed by atoms with E-state index in [1.807, 2.05) is 0 Å². The highest BCUT2D eigenvalue weighted by Gasteiger charge is 2.50. The van der Waals surface area contributed by atoms with Gasteiger partial charge in [0.2, 0.25) is 6.10 Å². The van der Waals surface area contributed by atoms with Crippen LogP contribution in [0.15, 0.2) is 0 Å². The lowest BCUT2D eigenvalue weighted by Gasteiger charge is -2.44. The Morgan fingerprint density at radius 1 is 0.938 bits per heavy atom. The Kier molecular flexibility index (Phi) is 8.17. The van der Waals surface area contributed by atoms with Gasteiger partial charge >= 0.3 is 18.1 Å². The number of esters is 2. The first-order valence-corrected chi connectivity index (χ1v) is 11.9. The topological polar surface area (TPSA) is 107 Å². The SMILES string of the molecule is CC(OC(=O)C1CCCC2C(C(=O)OC(CS(=O)(=O)O)C(F)(F)F)CCCC12)C(C)(F)F. The highest BCUT2D eigenvalue weighted by atomic mass is 32.2. The third-order valence-electron chi connectivity index (χ3n) is 6.29. The summed E-state index contributed by atoms with van der Waals surface area (Å²) in [6.07, 6.45) is -7.65. The Bertz CT molecular complexity index is 793. The number of hydrogen-bond donors (Lipinski definition) is 1. The highest BCUT2D eigenvalue weighted by molar-refractivity contribution is 7.85. The number of halogens is 5. The molecule has 0 aliphatic heterocycles. The summed E-state index contributed by atoms with van der Waals surface area (Å²) in [6.45, 7) is 1.68. The summed E-state index contributed by atoms with van der Waals surface area (Å²) in [4.78, 5) is 25.1. The number of ether oxygens (including phenoxy) is 2. The summed E-state index contributed by atoms with van der Waals surface area (Å²) < 4.78 is 106. The van der Waals surface area contributed by atoms with Crippen LogP contribution in [-0.2, 0) is 29.2 Å². The summed E-state index contributed by atoms with van der Waals surface area (Å²) in [5.74, 6) is -9.92. The van der Waals surface area contributed by atoms with E-state index in [0.717, 1.165) is 6.92 Å². The number of hydrogen-bond acceptors (Lipinski definition) is 6. The van der Waals surface area contributed by atoms with Gasteiger partial charge < -0.3 is 9.47 Å². The van der Waals surface area contributed by atoms with Crippen LogP contribution in [0.3, 0.4) is 0 Å². The van der Waals surface area contributed by atoms with Crippen LogP contribution >= 0.6 is 0 Å². The predicted molar refractivity (Wildman–Crippen MR) is 100 cm³/mol. The number of alkyl halides is 5. The lowest BCUT2D eigenvalue weighted by Crippen LogP contribution is -2.46. The molecule has 7 nitrogen and oxygen atoms in total. The van der Waals surface area contributed by atoms with Crippen LogP contribution in [0.4, 0.5) is 22.0 Å². The summed E-state index contributed by atoms with van der Waals surface area (Å²) >= 11 is 0. The molecule has 2 aliphatic carbocycles. The molecule has 2 fully saturated rings. The Morgan fingerprint density at radius 2 is 1.38 bits per heavy atom. The fourth-order valence-corrected chi connectivity index (χ4v) is 5.21. The largest absolute Gasteiger partial charge is 0.456 e. The van der Waals surface area contributed by atoms with Crippen molar-refractivity contribution in [1.29, 1.82) is 0 Å². The maximum atomic E-state index is 13.4. The quantitative estimate of drug-likeness (QED) is 0.326. The van der Waals surface area contributed by atoms with Crippen molar-refractivity contribution in [2.24, 2.45) is 23.7 Å². The van der Waals surface area contributed by atoms with Crippen molar-refractivity contribution in [3.8, 4) is 0 Å². The predicted octanol–water partition coefficient (Wildman–Crippen LogP) is 3.77. The molecule has 2 aliphatic rings. The Morgan fingerprint density at radius 3 is 1.75 bits per heavy atom. The lowest BCUT2D eigenvalue weighted by molar-refractivity contribution is -0.220. The van der Waals surface area contributed by atoms with Gasteiger partial charge in [0.25, 0.3) is 16.0 Å². The third-order valence-corrected chi connectivity index (χ3v) is 7.01. The maximum absolute atomic E-state index is 13.4. The smallest absolute Gasteiger partial charge is 0.426 e. The summed E-state index contributed by atoms with van der Waals surface area (Å²) in [5.41, 5.74) is 0. The zero-order valence-electron chi connectivity index (χ0n) is 17.6. The Labute approximate surface area is 182 Å². The van der Waals surface area contributed by atoms with Gasteiger partial charge in [-0.05, 0) is 44.4 Å². The zero-order chi connectivity index (χ0) is 24.5. The molecule has 13 heteroatoms. The second-order valence-electron chi connectivity index (χ2n) is 8.65. The van der Waals surface area contributed by atoms with Crippen molar-refractivity contribution in [3.63, 3.8) is 0 Å². The van der Waals surface area contributed by atoms with Gasteiger partial charge in [0, 0.05) is 6.92 Å². The van der Waals surface area contributed by atoms with Gasteiger partial charge in [0.05, 0.1) is 11.8 Å². The molecule has 0 aromatic rings. The van der Waals surface area contributed by atoms with Crippen molar-refractivity contribution < 1.29 is 54.0 Å². The van der Waals surface area contributed by atoms with Gasteiger partial charge in [-0.15, -0.1) is 0 Å². The van der Waals surface area contributed by atoms with E-state index < -0.39 is 75.8 Å². The average Bonchev–Trinajstić information content (AvgIpc) is 2.63. The lowest BCUT2D eigenvalue weighted by atomic mass is 9.61. The van der Waals surface area contributed by atoms with E-state index in [-0.39, 0.29) is 6.42 Å². The molecule has 1 N–H and O–H groups in total. The fraction of sp³-hybridized carbons (Fsp3) is 0.895. The van der Waals surface area contributed by atoms with Crippen LogP contribution in [0, 0.1) is 23.7 Å². The molecule has 2 saturated carbocycles. The van der Waals surface area contributed by atoms with E-state index >= 15 is 0 Å². The summed E-state index contributed by atoms with van der Waals surface area (Å²) in [6, 6.07) is 0. The van der Waals surface area contributed by atoms with Crippen LogP contribution in [0.25, 0.3) is 0 Å². The van der Waals surface area contributed by atoms with Crippen LogP contribution in [0.2, 0.25) is 0 Å². The van der Waals surface area contributed by atoms with Crippen LogP contribution in [0.1, 0.15) is 52.4 Å². The van der Waals surface area contributed by atoms with Crippen LogP contribution in [0.5, 0.6) is 0 Å². The first-order valence-electron chi connectivity index (χ1n) is 10.3. The fourth-order valence-electron chi connectivity index (χ4n) is 4.57. The van der Waals surface area contributed by atoms with Crippen molar-refractivity contribution >= 4 is 22.1 Å². The minimum absolute atomic E-state index is 0.182. The van der Waals surface area contributed by atoms with Crippen molar-refractivity contribution in [1.82, 2.24) is 0 Å². The standard InChI is InChI=1S/C19H27F5O7S/c1-10(18(2,20)21)30-16(25)13-7-3-6-12-11(13)5-4-8-14(12)17(26)31-15(19(22,23)24)9-32(27,28)29/h10-15H,3-9H2,1-2H3,(H,27,28,29). The minimum atomic E-state index is -5.21. The van der Waals surface area contributed by atoms with Crippen LogP contribution < -0.4 is 0 Å². The first-order chi connectivity index (χ1) is 14.5. The van der Waals surface area contributed by atoms with Crippen molar-refractivity contribution in [2.75, 3.05) is 5.75 Å². The van der Waals surface area contributed by atoms with E-state index in [2.05, 4.69) is 4.74 Å².